The maximum Gasteiger partial charge on any atom is 0.222 e. The van der Waals surface area contributed by atoms with Crippen LogP contribution in [0, 0.1) is 0 Å². The van der Waals surface area contributed by atoms with Gasteiger partial charge in [0.2, 0.25) is 5.91 Å². The summed E-state index contributed by atoms with van der Waals surface area (Å²) in [7, 11) is 6.04. The van der Waals surface area contributed by atoms with E-state index in [0.29, 0.717) is 13.0 Å². The van der Waals surface area contributed by atoms with Gasteiger partial charge < -0.3 is 20.4 Å². The summed E-state index contributed by atoms with van der Waals surface area (Å²) in [5.74, 6) is 1.10. The third-order valence-electron chi connectivity index (χ3n) is 4.57. The molecule has 154 valence electrons. The van der Waals surface area contributed by atoms with E-state index >= 15 is 0 Å². The number of nitrogens with one attached hydrogen (secondary N) is 2. The summed E-state index contributed by atoms with van der Waals surface area (Å²) >= 11 is 0. The first-order chi connectivity index (χ1) is 12.5. The number of aryl methyl sites for hydroxylation is 1. The molecule has 9 heteroatoms. The van der Waals surface area contributed by atoms with Crippen molar-refractivity contribution in [3.63, 3.8) is 0 Å². The number of aromatic nitrogens is 2. The third kappa shape index (κ3) is 7.65. The van der Waals surface area contributed by atoms with Crippen LogP contribution in [0.1, 0.15) is 37.8 Å². The minimum atomic E-state index is 0. The number of amides is 1. The monoisotopic (exact) mass is 491 g/mol. The number of aliphatic imine (C=N–C) groups is 1. The Labute approximate surface area is 179 Å². The summed E-state index contributed by atoms with van der Waals surface area (Å²) in [6.45, 7) is 6.05. The van der Waals surface area contributed by atoms with Gasteiger partial charge in [-0.25, -0.2) is 0 Å². The molecule has 1 aliphatic rings. The second kappa shape index (κ2) is 12.2. The van der Waals surface area contributed by atoms with Gasteiger partial charge >= 0.3 is 0 Å². The highest BCUT2D eigenvalue weighted by Gasteiger charge is 2.19. The fourth-order valence-electron chi connectivity index (χ4n) is 3.12. The summed E-state index contributed by atoms with van der Waals surface area (Å²) < 4.78 is 1.82. The zero-order chi connectivity index (χ0) is 18.9. The minimum Gasteiger partial charge on any atom is -0.357 e. The molecule has 1 aromatic rings. The van der Waals surface area contributed by atoms with Crippen molar-refractivity contribution in [2.45, 2.75) is 32.2 Å². The first kappa shape index (κ1) is 23.7. The fraction of sp³-hybridized carbons (Fsp3) is 0.722. The lowest BCUT2D eigenvalue weighted by atomic mass is 10.1. The number of carbonyl (C=O) groups excluding carboxylic acids is 1. The molecule has 1 amide bonds. The zero-order valence-electron chi connectivity index (χ0n) is 16.9. The van der Waals surface area contributed by atoms with Gasteiger partial charge in [-0.1, -0.05) is 0 Å². The number of likely N-dealkylation sites (N-methyl/N-ethyl adjacent to an activating group) is 1. The lowest BCUT2D eigenvalue weighted by molar-refractivity contribution is -0.127. The molecule has 1 atom stereocenters. The Balaban J connectivity index is 0.00000364. The van der Waals surface area contributed by atoms with Crippen molar-refractivity contribution in [3.05, 3.63) is 18.0 Å². The number of hydrogen-bond donors (Lipinski definition) is 2. The molecule has 0 bridgehead atoms. The maximum absolute atomic E-state index is 11.6. The van der Waals surface area contributed by atoms with Crippen molar-refractivity contribution in [2.24, 2.45) is 12.0 Å². The van der Waals surface area contributed by atoms with Crippen molar-refractivity contribution in [1.82, 2.24) is 30.2 Å². The molecule has 8 nitrogen and oxygen atoms in total. The second-order valence-corrected chi connectivity index (χ2v) is 6.91. The number of hydrogen-bond acceptors (Lipinski definition) is 4. The van der Waals surface area contributed by atoms with Crippen LogP contribution in [0.25, 0.3) is 0 Å². The van der Waals surface area contributed by atoms with Crippen molar-refractivity contribution in [3.8, 4) is 0 Å². The quantitative estimate of drug-likeness (QED) is 0.235. The average Bonchev–Trinajstić information content (AvgIpc) is 3.20. The van der Waals surface area contributed by atoms with E-state index in [2.05, 4.69) is 41.7 Å². The molecule has 1 saturated heterocycles. The van der Waals surface area contributed by atoms with Gasteiger partial charge in [0.1, 0.15) is 0 Å². The number of halogens is 1. The van der Waals surface area contributed by atoms with Gasteiger partial charge in [-0.05, 0) is 33.9 Å². The van der Waals surface area contributed by atoms with Crippen LogP contribution in [-0.4, -0.2) is 78.3 Å². The Morgan fingerprint density at radius 3 is 2.74 bits per heavy atom. The van der Waals surface area contributed by atoms with Crippen molar-refractivity contribution in [1.29, 1.82) is 0 Å². The maximum atomic E-state index is 11.6. The van der Waals surface area contributed by atoms with Gasteiger partial charge in [0.25, 0.3) is 0 Å². The van der Waals surface area contributed by atoms with Gasteiger partial charge in [-0.2, -0.15) is 5.10 Å². The molecule has 2 N–H and O–H groups in total. The lowest BCUT2D eigenvalue weighted by Crippen LogP contribution is -2.39. The smallest absolute Gasteiger partial charge is 0.222 e. The molecule has 0 radical (unpaired) electrons. The summed E-state index contributed by atoms with van der Waals surface area (Å²) in [5.41, 5.74) is 1.16. The van der Waals surface area contributed by atoms with Gasteiger partial charge in [-0.15, -0.1) is 24.0 Å². The van der Waals surface area contributed by atoms with Crippen LogP contribution >= 0.6 is 24.0 Å². The van der Waals surface area contributed by atoms with E-state index < -0.39 is 0 Å². The van der Waals surface area contributed by atoms with Crippen LogP contribution in [0.5, 0.6) is 0 Å². The predicted molar refractivity (Wildman–Crippen MR) is 119 cm³/mol. The van der Waals surface area contributed by atoms with Crippen LogP contribution in [-0.2, 0) is 11.8 Å². The van der Waals surface area contributed by atoms with Crippen LogP contribution in [0.4, 0.5) is 0 Å². The highest BCUT2D eigenvalue weighted by molar-refractivity contribution is 14.0. The zero-order valence-corrected chi connectivity index (χ0v) is 19.3. The molecular weight excluding hydrogens is 457 g/mol. The Bertz CT molecular complexity index is 602. The Hall–Kier alpha value is -1.36. The molecule has 0 spiro atoms. The first-order valence-electron chi connectivity index (χ1n) is 9.46. The minimum absolute atomic E-state index is 0. The average molecular weight is 491 g/mol. The number of likely N-dealkylation sites (tertiary alicyclic amines) is 1. The molecule has 2 rings (SSSR count). The molecule has 1 unspecified atom stereocenters. The van der Waals surface area contributed by atoms with E-state index in [1.165, 1.54) is 0 Å². The molecule has 2 heterocycles. The van der Waals surface area contributed by atoms with E-state index in [9.17, 15) is 4.79 Å². The number of nitrogens with zero attached hydrogens (tertiary/aromatic N) is 5. The van der Waals surface area contributed by atoms with E-state index in [-0.39, 0.29) is 35.9 Å². The summed E-state index contributed by atoms with van der Waals surface area (Å²) in [5, 5.41) is 10.9. The van der Waals surface area contributed by atoms with E-state index in [1.807, 2.05) is 29.0 Å². The van der Waals surface area contributed by atoms with Gasteiger partial charge in [-0.3, -0.25) is 14.5 Å². The standard InChI is InChI=1S/C18H33N7O.HI/c1-5-19-18(20-9-7-11-25-10-6-8-17(25)26)21-13-16(23(2)3)15-12-22-24(4)14-15;/h12,14,16H,5-11,13H2,1-4H3,(H2,19,20,21);1H. The van der Waals surface area contributed by atoms with E-state index in [4.69, 9.17) is 4.99 Å². The molecule has 0 saturated carbocycles. The van der Waals surface area contributed by atoms with Crippen molar-refractivity contribution in [2.75, 3.05) is 46.8 Å². The molecule has 1 fully saturated rings. The number of rotatable bonds is 9. The number of carbonyl (C=O) groups is 1. The summed E-state index contributed by atoms with van der Waals surface area (Å²) in [6, 6.07) is 0.182. The SMILES string of the molecule is CCNC(=NCC(c1cnn(C)c1)N(C)C)NCCCN1CCCC1=O.I. The largest absolute Gasteiger partial charge is 0.357 e. The third-order valence-corrected chi connectivity index (χ3v) is 4.57. The number of guanidine groups is 1. The fourth-order valence-corrected chi connectivity index (χ4v) is 3.12. The Kier molecular flexibility index (Phi) is 10.7. The first-order valence-corrected chi connectivity index (χ1v) is 9.46. The van der Waals surface area contributed by atoms with Crippen LogP contribution < -0.4 is 10.6 Å². The molecule has 27 heavy (non-hydrogen) atoms. The molecule has 1 aromatic heterocycles. The van der Waals surface area contributed by atoms with Gasteiger partial charge in [0.15, 0.2) is 5.96 Å². The Morgan fingerprint density at radius 2 is 2.19 bits per heavy atom. The topological polar surface area (TPSA) is 77.8 Å². The molecule has 0 aromatic carbocycles. The lowest BCUT2D eigenvalue weighted by Gasteiger charge is -2.22. The van der Waals surface area contributed by atoms with E-state index in [1.54, 1.807) is 0 Å². The normalized spacial score (nSPS) is 15.8. The molecule has 1 aliphatic heterocycles. The summed E-state index contributed by atoms with van der Waals surface area (Å²) in [4.78, 5) is 20.5. The predicted octanol–water partition coefficient (Wildman–Crippen LogP) is 1.21. The van der Waals surface area contributed by atoms with Crippen molar-refractivity contribution >= 4 is 35.8 Å². The van der Waals surface area contributed by atoms with Crippen LogP contribution in [0.2, 0.25) is 0 Å². The molecule has 0 aliphatic carbocycles. The van der Waals surface area contributed by atoms with Gasteiger partial charge in [0, 0.05) is 51.4 Å². The van der Waals surface area contributed by atoms with E-state index in [0.717, 1.165) is 50.5 Å². The van der Waals surface area contributed by atoms with Gasteiger partial charge in [0.05, 0.1) is 18.8 Å². The van der Waals surface area contributed by atoms with Crippen LogP contribution in [0.15, 0.2) is 17.4 Å². The summed E-state index contributed by atoms with van der Waals surface area (Å²) in [6.07, 6.45) is 6.56. The molecular formula is C18H34IN7O. The van der Waals surface area contributed by atoms with Crippen molar-refractivity contribution < 1.29 is 4.79 Å². The van der Waals surface area contributed by atoms with Crippen LogP contribution in [0.3, 0.4) is 0 Å². The Morgan fingerprint density at radius 1 is 1.41 bits per heavy atom. The highest BCUT2D eigenvalue weighted by Crippen LogP contribution is 2.17. The highest BCUT2D eigenvalue weighted by atomic mass is 127. The second-order valence-electron chi connectivity index (χ2n) is 6.91.